The molecule has 10 heteroatoms. The second-order valence-electron chi connectivity index (χ2n) is 4.68. The average molecular weight is 321 g/mol. The Bertz CT molecular complexity index is 908. The first kappa shape index (κ1) is 14.8. The molecular formula is C13H10F3N7. The number of nitrogens with zero attached hydrogens (tertiary/aromatic N) is 4. The molecule has 2 aromatic heterocycles. The molecule has 0 aliphatic heterocycles. The van der Waals surface area contributed by atoms with Crippen molar-refractivity contribution in [3.63, 3.8) is 0 Å². The summed E-state index contributed by atoms with van der Waals surface area (Å²) >= 11 is 0. The summed E-state index contributed by atoms with van der Waals surface area (Å²) in [5, 5.41) is 0. The largest absolute Gasteiger partial charge is 0.416 e. The van der Waals surface area contributed by atoms with Gasteiger partial charge in [-0.25, -0.2) is 9.97 Å². The van der Waals surface area contributed by atoms with E-state index < -0.39 is 11.7 Å². The van der Waals surface area contributed by atoms with E-state index in [0.717, 1.165) is 12.1 Å². The molecular weight excluding hydrogens is 311 g/mol. The zero-order chi connectivity index (χ0) is 16.8. The molecule has 7 nitrogen and oxygen atoms in total. The van der Waals surface area contributed by atoms with E-state index in [1.807, 2.05) is 0 Å². The van der Waals surface area contributed by atoms with Gasteiger partial charge in [-0.3, -0.25) is 0 Å². The Labute approximate surface area is 127 Å². The number of anilines is 3. The highest BCUT2D eigenvalue weighted by atomic mass is 19.4. The van der Waals surface area contributed by atoms with Gasteiger partial charge >= 0.3 is 6.18 Å². The summed E-state index contributed by atoms with van der Waals surface area (Å²) in [7, 11) is 0. The lowest BCUT2D eigenvalue weighted by molar-refractivity contribution is -0.137. The first-order valence-electron chi connectivity index (χ1n) is 6.29. The molecule has 0 aliphatic rings. The normalized spacial score (nSPS) is 11.8. The van der Waals surface area contributed by atoms with Gasteiger partial charge in [0.25, 0.3) is 0 Å². The van der Waals surface area contributed by atoms with Crippen LogP contribution in [0.4, 0.5) is 30.8 Å². The Balaban J connectivity index is 2.23. The molecule has 6 N–H and O–H groups in total. The van der Waals surface area contributed by atoms with Gasteiger partial charge < -0.3 is 17.2 Å². The lowest BCUT2D eigenvalue weighted by atomic mass is 10.1. The number of hydrogen-bond donors (Lipinski definition) is 3. The molecule has 0 amide bonds. The van der Waals surface area contributed by atoms with E-state index in [-0.39, 0.29) is 40.0 Å². The molecule has 3 rings (SSSR count). The van der Waals surface area contributed by atoms with Crippen molar-refractivity contribution in [1.29, 1.82) is 0 Å². The highest BCUT2D eigenvalue weighted by molar-refractivity contribution is 5.87. The fraction of sp³-hybridized carbons (Fsp3) is 0.0769. The fourth-order valence-corrected chi connectivity index (χ4v) is 2.05. The third-order valence-corrected chi connectivity index (χ3v) is 3.07. The van der Waals surface area contributed by atoms with Crippen LogP contribution in [0.2, 0.25) is 0 Å². The molecule has 0 fully saturated rings. The zero-order valence-electron chi connectivity index (χ0n) is 11.5. The van der Waals surface area contributed by atoms with Crippen LogP contribution in [0.15, 0.2) is 24.3 Å². The Morgan fingerprint density at radius 1 is 0.870 bits per heavy atom. The number of rotatable bonds is 1. The second kappa shape index (κ2) is 4.93. The number of nitrogens with two attached hydrogens (primary N) is 3. The van der Waals surface area contributed by atoms with E-state index in [2.05, 4.69) is 19.9 Å². The zero-order valence-corrected chi connectivity index (χ0v) is 11.5. The number of alkyl halides is 3. The summed E-state index contributed by atoms with van der Waals surface area (Å²) in [4.78, 5) is 15.7. The van der Waals surface area contributed by atoms with E-state index >= 15 is 0 Å². The Morgan fingerprint density at radius 2 is 1.61 bits per heavy atom. The molecule has 118 valence electrons. The van der Waals surface area contributed by atoms with Gasteiger partial charge in [0.2, 0.25) is 5.95 Å². The second-order valence-corrected chi connectivity index (χ2v) is 4.68. The van der Waals surface area contributed by atoms with Crippen molar-refractivity contribution in [3.05, 3.63) is 29.8 Å². The predicted molar refractivity (Wildman–Crippen MR) is 78.8 cm³/mol. The number of fused-ring (bicyclic) bond motifs is 1. The quantitative estimate of drug-likeness (QED) is 0.623. The van der Waals surface area contributed by atoms with Crippen molar-refractivity contribution < 1.29 is 13.2 Å². The fourth-order valence-electron chi connectivity index (χ4n) is 2.05. The van der Waals surface area contributed by atoms with Crippen LogP contribution >= 0.6 is 0 Å². The molecule has 3 aromatic rings. The van der Waals surface area contributed by atoms with Gasteiger partial charge in [0.15, 0.2) is 22.8 Å². The molecule has 2 heterocycles. The summed E-state index contributed by atoms with van der Waals surface area (Å²) in [5.74, 6) is -0.224. The minimum atomic E-state index is -4.48. The van der Waals surface area contributed by atoms with E-state index in [4.69, 9.17) is 17.2 Å². The Hall–Kier alpha value is -3.17. The summed E-state index contributed by atoms with van der Waals surface area (Å²) in [6, 6.07) is 4.58. The highest BCUT2D eigenvalue weighted by Crippen LogP contribution is 2.33. The highest BCUT2D eigenvalue weighted by Gasteiger charge is 2.30. The SMILES string of the molecule is Nc1nc(N)c2nc(-c3cccc(C(F)(F)F)c3)c(N)nc2n1. The van der Waals surface area contributed by atoms with Gasteiger partial charge in [0.1, 0.15) is 5.69 Å². The van der Waals surface area contributed by atoms with Crippen molar-refractivity contribution >= 4 is 28.7 Å². The van der Waals surface area contributed by atoms with Gasteiger partial charge in [-0.15, -0.1) is 0 Å². The third-order valence-electron chi connectivity index (χ3n) is 3.07. The Morgan fingerprint density at radius 3 is 2.30 bits per heavy atom. The summed E-state index contributed by atoms with van der Waals surface area (Å²) in [6.45, 7) is 0. The smallest absolute Gasteiger partial charge is 0.382 e. The molecule has 0 saturated heterocycles. The van der Waals surface area contributed by atoms with E-state index in [1.165, 1.54) is 12.1 Å². The van der Waals surface area contributed by atoms with Crippen molar-refractivity contribution in [3.8, 4) is 11.3 Å². The standard InChI is InChI=1S/C13H10F3N7/c14-13(15,16)6-3-1-2-5(4-6)7-9(17)21-11-8(20-7)10(18)22-12(19)23-11/h1-4H,(H6,17,18,19,21,22,23). The monoisotopic (exact) mass is 321 g/mol. The van der Waals surface area contributed by atoms with Crippen molar-refractivity contribution in [2.75, 3.05) is 17.2 Å². The van der Waals surface area contributed by atoms with E-state index in [0.29, 0.717) is 0 Å². The van der Waals surface area contributed by atoms with Gasteiger partial charge in [-0.2, -0.15) is 23.1 Å². The number of aromatic nitrogens is 4. The minimum Gasteiger partial charge on any atom is -0.382 e. The lowest BCUT2D eigenvalue weighted by Crippen LogP contribution is -2.07. The molecule has 0 unspecified atom stereocenters. The van der Waals surface area contributed by atoms with Crippen LogP contribution in [0.25, 0.3) is 22.4 Å². The maximum atomic E-state index is 12.8. The molecule has 23 heavy (non-hydrogen) atoms. The Kier molecular flexibility index (Phi) is 3.17. The number of benzene rings is 1. The molecule has 0 bridgehead atoms. The van der Waals surface area contributed by atoms with Crippen LogP contribution in [0, 0.1) is 0 Å². The number of hydrogen-bond acceptors (Lipinski definition) is 7. The number of halogens is 3. The summed E-state index contributed by atoms with van der Waals surface area (Å²) < 4.78 is 38.5. The van der Waals surface area contributed by atoms with E-state index in [1.54, 1.807) is 0 Å². The minimum absolute atomic E-state index is 0.0341. The van der Waals surface area contributed by atoms with Crippen LogP contribution in [-0.2, 0) is 6.18 Å². The maximum absolute atomic E-state index is 12.8. The van der Waals surface area contributed by atoms with Crippen LogP contribution in [-0.4, -0.2) is 19.9 Å². The third kappa shape index (κ3) is 2.65. The summed E-state index contributed by atoms with van der Waals surface area (Å²) in [6.07, 6.45) is -4.48. The van der Waals surface area contributed by atoms with Crippen LogP contribution in [0.1, 0.15) is 5.56 Å². The first-order valence-corrected chi connectivity index (χ1v) is 6.29. The number of nitrogen functional groups attached to an aromatic ring is 3. The van der Waals surface area contributed by atoms with Gasteiger partial charge in [0.05, 0.1) is 5.56 Å². The van der Waals surface area contributed by atoms with Gasteiger partial charge in [-0.05, 0) is 12.1 Å². The lowest BCUT2D eigenvalue weighted by Gasteiger charge is -2.10. The van der Waals surface area contributed by atoms with Crippen LogP contribution in [0.3, 0.4) is 0 Å². The van der Waals surface area contributed by atoms with E-state index in [9.17, 15) is 13.2 Å². The molecule has 0 saturated carbocycles. The van der Waals surface area contributed by atoms with Gasteiger partial charge in [-0.1, -0.05) is 12.1 Å². The molecule has 0 radical (unpaired) electrons. The summed E-state index contributed by atoms with van der Waals surface area (Å²) in [5.41, 5.74) is 16.5. The van der Waals surface area contributed by atoms with Crippen molar-refractivity contribution in [1.82, 2.24) is 19.9 Å². The van der Waals surface area contributed by atoms with Crippen molar-refractivity contribution in [2.24, 2.45) is 0 Å². The van der Waals surface area contributed by atoms with Gasteiger partial charge in [0, 0.05) is 5.56 Å². The van der Waals surface area contributed by atoms with Crippen LogP contribution in [0.5, 0.6) is 0 Å². The molecule has 1 aromatic carbocycles. The predicted octanol–water partition coefficient (Wildman–Crippen LogP) is 1.85. The van der Waals surface area contributed by atoms with Crippen LogP contribution < -0.4 is 17.2 Å². The molecule has 0 atom stereocenters. The first-order chi connectivity index (χ1) is 10.8. The topological polar surface area (TPSA) is 130 Å². The van der Waals surface area contributed by atoms with Crippen molar-refractivity contribution in [2.45, 2.75) is 6.18 Å². The molecule has 0 spiro atoms. The average Bonchev–Trinajstić information content (AvgIpc) is 2.45. The maximum Gasteiger partial charge on any atom is 0.416 e. The molecule has 0 aliphatic carbocycles.